The second kappa shape index (κ2) is 8.61. The summed E-state index contributed by atoms with van der Waals surface area (Å²) in [6.45, 7) is 5.90. The summed E-state index contributed by atoms with van der Waals surface area (Å²) in [6, 6.07) is 4.97. The van der Waals surface area contributed by atoms with Crippen molar-refractivity contribution in [2.45, 2.75) is 31.2 Å². The van der Waals surface area contributed by atoms with Gasteiger partial charge in [-0.3, -0.25) is 0 Å². The molecule has 2 heterocycles. The first kappa shape index (κ1) is 20.2. The number of anilines is 1. The lowest BCUT2D eigenvalue weighted by atomic mass is 9.91. The average Bonchev–Trinajstić information content (AvgIpc) is 3.07. The van der Waals surface area contributed by atoms with Crippen molar-refractivity contribution in [3.8, 4) is 0 Å². The number of carbonyl (C=O) groups excluding carboxylic acids is 2. The van der Waals surface area contributed by atoms with Crippen LogP contribution in [0.2, 0.25) is 0 Å². The van der Waals surface area contributed by atoms with Gasteiger partial charge in [0.25, 0.3) is 0 Å². The Balaban J connectivity index is 2.02. The topological polar surface area (TPSA) is 119 Å². The number of nitrogen functional groups attached to an aromatic ring is 1. The molecule has 0 bridgehead atoms. The number of esters is 1. The molecule has 2 aromatic rings. The predicted octanol–water partition coefficient (Wildman–Crippen LogP) is 2.70. The van der Waals surface area contributed by atoms with Gasteiger partial charge in [-0.2, -0.15) is 0 Å². The number of urea groups is 1. The first-order valence-corrected chi connectivity index (χ1v) is 10.5. The Labute approximate surface area is 170 Å². The Kier molecular flexibility index (Phi) is 6.20. The molecule has 0 spiro atoms. The summed E-state index contributed by atoms with van der Waals surface area (Å²) >= 11 is 2.60. The lowest BCUT2D eigenvalue weighted by Gasteiger charge is -2.30. The molecule has 10 heteroatoms. The maximum Gasteiger partial charge on any atom is 0.338 e. The molecule has 4 N–H and O–H groups in total. The number of nitrogens with zero attached hydrogens (tertiary/aromatic N) is 2. The molecule has 2 amide bonds. The molecule has 148 valence electrons. The van der Waals surface area contributed by atoms with E-state index in [0.29, 0.717) is 26.5 Å². The summed E-state index contributed by atoms with van der Waals surface area (Å²) in [5.74, 6) is -0.134. The van der Waals surface area contributed by atoms with Gasteiger partial charge >= 0.3 is 12.0 Å². The van der Waals surface area contributed by atoms with Crippen LogP contribution in [0, 0.1) is 13.8 Å². The summed E-state index contributed by atoms with van der Waals surface area (Å²) in [7, 11) is 0. The number of hydrogen-bond donors (Lipinski definition) is 3. The number of hydrogen-bond acceptors (Lipinski definition) is 8. The maximum atomic E-state index is 12.8. The summed E-state index contributed by atoms with van der Waals surface area (Å²) in [5, 5.41) is 13.7. The maximum absolute atomic E-state index is 12.8. The number of aryl methyl sites for hydroxylation is 2. The van der Waals surface area contributed by atoms with Gasteiger partial charge in [-0.15, -0.1) is 10.2 Å². The highest BCUT2D eigenvalue weighted by atomic mass is 32.2. The van der Waals surface area contributed by atoms with Crippen molar-refractivity contribution in [1.29, 1.82) is 0 Å². The third kappa shape index (κ3) is 4.45. The number of aromatic nitrogens is 2. The van der Waals surface area contributed by atoms with Crippen molar-refractivity contribution in [3.05, 3.63) is 46.2 Å². The minimum Gasteiger partial charge on any atom is -0.463 e. The Morgan fingerprint density at radius 3 is 2.82 bits per heavy atom. The second-order valence-corrected chi connectivity index (χ2v) is 8.43. The molecule has 28 heavy (non-hydrogen) atoms. The summed E-state index contributed by atoms with van der Waals surface area (Å²) in [4.78, 5) is 25.1. The number of ether oxygens (including phenoxy) is 1. The van der Waals surface area contributed by atoms with Gasteiger partial charge in [0, 0.05) is 11.4 Å². The van der Waals surface area contributed by atoms with Gasteiger partial charge in [0.1, 0.15) is 0 Å². The van der Waals surface area contributed by atoms with Crippen LogP contribution in [0.3, 0.4) is 0 Å². The molecule has 1 atom stereocenters. The molecule has 0 fully saturated rings. The van der Waals surface area contributed by atoms with E-state index in [1.54, 1.807) is 6.92 Å². The Bertz CT molecular complexity index is 941. The van der Waals surface area contributed by atoms with E-state index < -0.39 is 12.0 Å². The lowest BCUT2D eigenvalue weighted by Crippen LogP contribution is -2.46. The van der Waals surface area contributed by atoms with Gasteiger partial charge in [0.05, 0.1) is 18.2 Å². The van der Waals surface area contributed by atoms with Crippen LogP contribution in [0.25, 0.3) is 0 Å². The van der Waals surface area contributed by atoms with Crippen molar-refractivity contribution in [3.63, 3.8) is 0 Å². The third-order valence-electron chi connectivity index (χ3n) is 4.16. The van der Waals surface area contributed by atoms with Crippen LogP contribution >= 0.6 is 23.1 Å². The van der Waals surface area contributed by atoms with E-state index in [1.807, 2.05) is 32.0 Å². The number of nitrogens with one attached hydrogen (secondary N) is 2. The molecule has 1 aromatic carbocycles. The number of nitrogens with two attached hydrogens (primary N) is 1. The Morgan fingerprint density at radius 1 is 1.36 bits per heavy atom. The fourth-order valence-electron chi connectivity index (χ4n) is 2.90. The number of benzene rings is 1. The van der Waals surface area contributed by atoms with Crippen molar-refractivity contribution in [2.75, 3.05) is 18.1 Å². The van der Waals surface area contributed by atoms with Crippen LogP contribution < -0.4 is 16.4 Å². The zero-order valence-electron chi connectivity index (χ0n) is 15.7. The molecule has 8 nitrogen and oxygen atoms in total. The van der Waals surface area contributed by atoms with Gasteiger partial charge < -0.3 is 21.1 Å². The highest BCUT2D eigenvalue weighted by Gasteiger charge is 2.34. The minimum absolute atomic E-state index is 0.239. The number of carbonyl (C=O) groups is 2. The molecular formula is C18H21N5O3S2. The quantitative estimate of drug-likeness (QED) is 0.486. The molecule has 0 radical (unpaired) electrons. The van der Waals surface area contributed by atoms with Crippen molar-refractivity contribution >= 4 is 40.2 Å². The van der Waals surface area contributed by atoms with Crippen LogP contribution in [-0.2, 0) is 9.53 Å². The lowest BCUT2D eigenvalue weighted by molar-refractivity contribution is -0.139. The summed E-state index contributed by atoms with van der Waals surface area (Å²) in [5.41, 5.74) is 9.38. The highest BCUT2D eigenvalue weighted by Crippen LogP contribution is 2.33. The first-order valence-electron chi connectivity index (χ1n) is 8.65. The third-order valence-corrected chi connectivity index (χ3v) is 6.07. The average molecular weight is 420 g/mol. The molecule has 0 aliphatic carbocycles. The van der Waals surface area contributed by atoms with E-state index in [2.05, 4.69) is 20.8 Å². The number of amides is 2. The fourth-order valence-corrected chi connectivity index (χ4v) is 4.50. The molecule has 1 aliphatic heterocycles. The zero-order valence-corrected chi connectivity index (χ0v) is 17.4. The van der Waals surface area contributed by atoms with E-state index >= 15 is 0 Å². The normalized spacial score (nSPS) is 16.5. The molecule has 0 unspecified atom stereocenters. The van der Waals surface area contributed by atoms with Crippen LogP contribution in [0.4, 0.5) is 9.93 Å². The Morgan fingerprint density at radius 2 is 2.14 bits per heavy atom. The molecule has 1 aromatic heterocycles. The molecule has 0 saturated carbocycles. The molecule has 3 rings (SSSR count). The van der Waals surface area contributed by atoms with Gasteiger partial charge in [0.2, 0.25) is 5.13 Å². The molecule has 0 saturated heterocycles. The van der Waals surface area contributed by atoms with E-state index in [4.69, 9.17) is 10.5 Å². The molecule has 1 aliphatic rings. The van der Waals surface area contributed by atoms with Crippen molar-refractivity contribution in [2.24, 2.45) is 0 Å². The minimum atomic E-state index is -0.595. The standard InChI is InChI=1S/C18H21N5O3S2/c1-4-26-15(24)13-12(8-27-18-23-22-16(19)28-18)20-17(25)21-14(13)11-7-9(2)5-6-10(11)3/h5-7,14H,4,8H2,1-3H3,(H2,19,22)(H2,20,21,25)/t14-/m1/s1. The van der Waals surface area contributed by atoms with Gasteiger partial charge in [-0.25, -0.2) is 9.59 Å². The first-order chi connectivity index (χ1) is 13.4. The number of thioether (sulfide) groups is 1. The molecular weight excluding hydrogens is 398 g/mol. The van der Waals surface area contributed by atoms with Crippen LogP contribution in [-0.4, -0.2) is 34.6 Å². The summed E-state index contributed by atoms with van der Waals surface area (Å²) < 4.78 is 5.94. The fraction of sp³-hybridized carbons (Fsp3) is 0.333. The summed E-state index contributed by atoms with van der Waals surface area (Å²) in [6.07, 6.45) is 0. The van der Waals surface area contributed by atoms with Crippen molar-refractivity contribution < 1.29 is 14.3 Å². The van der Waals surface area contributed by atoms with Gasteiger partial charge in [0.15, 0.2) is 4.34 Å². The van der Waals surface area contributed by atoms with E-state index in [9.17, 15) is 9.59 Å². The van der Waals surface area contributed by atoms with Crippen molar-refractivity contribution in [1.82, 2.24) is 20.8 Å². The highest BCUT2D eigenvalue weighted by molar-refractivity contribution is 8.01. The van der Waals surface area contributed by atoms with Crippen LogP contribution in [0.5, 0.6) is 0 Å². The largest absolute Gasteiger partial charge is 0.463 e. The predicted molar refractivity (Wildman–Crippen MR) is 109 cm³/mol. The van der Waals surface area contributed by atoms with Gasteiger partial charge in [-0.05, 0) is 31.9 Å². The van der Waals surface area contributed by atoms with E-state index in [1.165, 1.54) is 23.1 Å². The monoisotopic (exact) mass is 419 g/mol. The smallest absolute Gasteiger partial charge is 0.338 e. The number of rotatable bonds is 6. The van der Waals surface area contributed by atoms with Crippen LogP contribution in [0.1, 0.15) is 29.7 Å². The van der Waals surface area contributed by atoms with E-state index in [0.717, 1.165) is 16.7 Å². The van der Waals surface area contributed by atoms with E-state index in [-0.39, 0.29) is 12.6 Å². The zero-order chi connectivity index (χ0) is 20.3. The Hall–Kier alpha value is -2.59. The SMILES string of the molecule is CCOC(=O)C1=C(CSc2nnc(N)s2)NC(=O)N[C@@H]1c1cc(C)ccc1C. The van der Waals surface area contributed by atoms with Crippen LogP contribution in [0.15, 0.2) is 33.8 Å². The van der Waals surface area contributed by atoms with Gasteiger partial charge in [-0.1, -0.05) is 46.9 Å². The second-order valence-electron chi connectivity index (χ2n) is 6.20.